The van der Waals surface area contributed by atoms with Crippen molar-refractivity contribution in [3.8, 4) is 11.1 Å². The molecule has 0 unspecified atom stereocenters. The van der Waals surface area contributed by atoms with Crippen molar-refractivity contribution in [2.24, 2.45) is 0 Å². The highest BCUT2D eigenvalue weighted by Gasteiger charge is 2.34. The molecule has 2 aromatic heterocycles. The molecular weight excluding hydrogens is 584 g/mol. The summed E-state index contributed by atoms with van der Waals surface area (Å²) in [6.45, 7) is 23.5. The molecule has 0 N–H and O–H groups in total. The summed E-state index contributed by atoms with van der Waals surface area (Å²) in [5.41, 5.74) is 2.09. The minimum atomic E-state index is -0.666. The van der Waals surface area contributed by atoms with Crippen LogP contribution < -0.4 is 4.90 Å². The zero-order valence-electron chi connectivity index (χ0n) is 29.7. The summed E-state index contributed by atoms with van der Waals surface area (Å²) in [7, 11) is 0. The van der Waals surface area contributed by atoms with Crippen molar-refractivity contribution in [2.75, 3.05) is 18.0 Å². The van der Waals surface area contributed by atoms with Gasteiger partial charge < -0.3 is 19.1 Å². The number of fused-ring (bicyclic) bond motifs is 1. The Morgan fingerprint density at radius 1 is 0.783 bits per heavy atom. The second kappa shape index (κ2) is 14.1. The summed E-state index contributed by atoms with van der Waals surface area (Å²) < 4.78 is 18.3. The fourth-order valence-electron chi connectivity index (χ4n) is 5.10. The molecule has 1 aromatic carbocycles. The average molecular weight is 637 g/mol. The molecule has 46 heavy (non-hydrogen) atoms. The van der Waals surface area contributed by atoms with Gasteiger partial charge in [0.1, 0.15) is 22.5 Å². The molecular formula is C36H52N4O6. The number of aryl methyl sites for hydroxylation is 1. The van der Waals surface area contributed by atoms with Gasteiger partial charge >= 0.3 is 18.3 Å². The quantitative estimate of drug-likeness (QED) is 0.264. The normalized spacial score (nSPS) is 14.3. The van der Waals surface area contributed by atoms with Crippen LogP contribution in [-0.4, -0.2) is 68.7 Å². The second-order valence-corrected chi connectivity index (χ2v) is 14.4. The van der Waals surface area contributed by atoms with Crippen LogP contribution in [-0.2, 0) is 14.2 Å². The summed E-state index contributed by atoms with van der Waals surface area (Å²) in [5, 5.41) is 0.851. The van der Waals surface area contributed by atoms with Crippen LogP contribution in [0.5, 0.6) is 0 Å². The van der Waals surface area contributed by atoms with Gasteiger partial charge in [-0.3, -0.25) is 4.90 Å². The zero-order valence-corrected chi connectivity index (χ0v) is 29.7. The molecule has 0 atom stereocenters. The molecule has 0 bridgehead atoms. The van der Waals surface area contributed by atoms with Crippen molar-refractivity contribution in [2.45, 2.75) is 119 Å². The number of amides is 2. The third-order valence-electron chi connectivity index (χ3n) is 6.98. The van der Waals surface area contributed by atoms with Crippen molar-refractivity contribution in [1.29, 1.82) is 0 Å². The molecule has 252 valence electrons. The van der Waals surface area contributed by atoms with Gasteiger partial charge in [0.05, 0.1) is 0 Å². The summed E-state index contributed by atoms with van der Waals surface area (Å²) >= 11 is 0. The van der Waals surface area contributed by atoms with Gasteiger partial charge in [-0.1, -0.05) is 26.0 Å². The third-order valence-corrected chi connectivity index (χ3v) is 6.98. The van der Waals surface area contributed by atoms with E-state index in [-0.39, 0.29) is 12.1 Å². The van der Waals surface area contributed by atoms with E-state index in [1.165, 1.54) is 4.57 Å². The van der Waals surface area contributed by atoms with Gasteiger partial charge in [0, 0.05) is 48.2 Å². The number of benzene rings is 1. The van der Waals surface area contributed by atoms with Gasteiger partial charge in [-0.2, -0.15) is 0 Å². The van der Waals surface area contributed by atoms with Gasteiger partial charge in [0.25, 0.3) is 0 Å². The van der Waals surface area contributed by atoms with Gasteiger partial charge in [0.2, 0.25) is 0 Å². The molecule has 0 aliphatic carbocycles. The van der Waals surface area contributed by atoms with Crippen molar-refractivity contribution in [1.82, 2.24) is 14.5 Å². The zero-order chi connectivity index (χ0) is 34.6. The maximum Gasteiger partial charge on any atom is 0.420 e. The van der Waals surface area contributed by atoms with E-state index < -0.39 is 29.0 Å². The Morgan fingerprint density at radius 2 is 1.30 bits per heavy atom. The third kappa shape index (κ3) is 9.47. The first-order chi connectivity index (χ1) is 21.3. The monoisotopic (exact) mass is 636 g/mol. The Kier molecular flexibility index (Phi) is 11.2. The number of pyridine rings is 1. The molecule has 3 heterocycles. The number of rotatable bonds is 3. The number of hydrogen-bond acceptors (Lipinski definition) is 7. The molecule has 0 radical (unpaired) electrons. The van der Waals surface area contributed by atoms with Gasteiger partial charge in [-0.25, -0.2) is 23.9 Å². The highest BCUT2D eigenvalue weighted by Crippen LogP contribution is 2.31. The minimum absolute atomic E-state index is 0.150. The SMILES string of the molecule is CC.Cc1cn(C(=O)OC(C)(C)C)c2ncc(-c3ccc(N(C(=O)OC(C)(C)C)C4CCN(C(=O)OC(C)(C)C)CC4)cc3)cc12. The van der Waals surface area contributed by atoms with Crippen LogP contribution in [0.1, 0.15) is 94.6 Å². The smallest absolute Gasteiger partial charge is 0.420 e. The number of carbonyl (C=O) groups excluding carboxylic acids is 3. The molecule has 4 rings (SSSR count). The second-order valence-electron chi connectivity index (χ2n) is 14.4. The number of ether oxygens (including phenoxy) is 3. The fraction of sp³-hybridized carbons (Fsp3) is 0.556. The molecule has 0 spiro atoms. The van der Waals surface area contributed by atoms with Crippen LogP contribution in [0, 0.1) is 6.92 Å². The van der Waals surface area contributed by atoms with Crippen LogP contribution in [0.3, 0.4) is 0 Å². The van der Waals surface area contributed by atoms with Crippen molar-refractivity contribution in [3.05, 3.63) is 48.3 Å². The summed E-state index contributed by atoms with van der Waals surface area (Å²) in [6.07, 6.45) is 3.42. The summed E-state index contributed by atoms with van der Waals surface area (Å²) in [5.74, 6) is 0. The Balaban J connectivity index is 0.00000282. The molecule has 10 heteroatoms. The van der Waals surface area contributed by atoms with Crippen LogP contribution >= 0.6 is 0 Å². The molecule has 1 fully saturated rings. The van der Waals surface area contributed by atoms with Crippen molar-refractivity contribution >= 4 is 35.0 Å². The van der Waals surface area contributed by atoms with Crippen LogP contribution in [0.15, 0.2) is 42.7 Å². The lowest BCUT2D eigenvalue weighted by Crippen LogP contribution is -2.51. The number of aromatic nitrogens is 2. The van der Waals surface area contributed by atoms with Crippen molar-refractivity contribution in [3.63, 3.8) is 0 Å². The standard InChI is InChI=1S/C34H46N4O6.C2H6/c1-22-21-37(30(40)43-33(5,6)7)28-27(22)19-24(20-35-28)23-11-13-25(14-12-23)38(31(41)44-34(8,9)10)26-15-17-36(18-16-26)29(39)42-32(2,3)4;1-2/h11-14,19-21,26H,15-18H2,1-10H3;1-2H3. The van der Waals surface area contributed by atoms with Gasteiger partial charge in [-0.15, -0.1) is 0 Å². The van der Waals surface area contributed by atoms with E-state index in [0.717, 1.165) is 22.1 Å². The highest BCUT2D eigenvalue weighted by atomic mass is 16.6. The van der Waals surface area contributed by atoms with E-state index in [4.69, 9.17) is 14.2 Å². The van der Waals surface area contributed by atoms with E-state index in [9.17, 15) is 14.4 Å². The first kappa shape index (κ1) is 36.4. The topological polar surface area (TPSA) is 103 Å². The molecule has 0 saturated carbocycles. The summed E-state index contributed by atoms with van der Waals surface area (Å²) in [4.78, 5) is 46.9. The number of hydrogen-bond donors (Lipinski definition) is 0. The number of piperidine rings is 1. The fourth-order valence-corrected chi connectivity index (χ4v) is 5.10. The number of likely N-dealkylation sites (tertiary alicyclic amines) is 1. The predicted molar refractivity (Wildman–Crippen MR) is 182 cm³/mol. The lowest BCUT2D eigenvalue weighted by atomic mass is 10.0. The lowest BCUT2D eigenvalue weighted by Gasteiger charge is -2.39. The van der Waals surface area contributed by atoms with E-state index in [1.54, 1.807) is 22.2 Å². The van der Waals surface area contributed by atoms with E-state index in [1.807, 2.05) is 113 Å². The van der Waals surface area contributed by atoms with Gasteiger partial charge in [-0.05, 0) is 111 Å². The van der Waals surface area contributed by atoms with Crippen LogP contribution in [0.4, 0.5) is 20.1 Å². The lowest BCUT2D eigenvalue weighted by molar-refractivity contribution is 0.0200. The first-order valence-corrected chi connectivity index (χ1v) is 16.1. The highest BCUT2D eigenvalue weighted by molar-refractivity contribution is 5.92. The Hall–Kier alpha value is -4.08. The molecule has 10 nitrogen and oxygen atoms in total. The molecule has 3 aromatic rings. The maximum atomic E-state index is 13.5. The number of anilines is 1. The molecule has 1 aliphatic heterocycles. The molecule has 1 saturated heterocycles. The number of carbonyl (C=O) groups is 3. The maximum absolute atomic E-state index is 13.5. The Labute approximate surface area is 274 Å². The largest absolute Gasteiger partial charge is 0.444 e. The predicted octanol–water partition coefficient (Wildman–Crippen LogP) is 8.96. The van der Waals surface area contributed by atoms with Crippen LogP contribution in [0.25, 0.3) is 22.2 Å². The van der Waals surface area contributed by atoms with E-state index >= 15 is 0 Å². The average Bonchev–Trinajstić information content (AvgIpc) is 3.28. The van der Waals surface area contributed by atoms with Gasteiger partial charge in [0.15, 0.2) is 0 Å². The summed E-state index contributed by atoms with van der Waals surface area (Å²) in [6, 6.07) is 9.57. The minimum Gasteiger partial charge on any atom is -0.444 e. The first-order valence-electron chi connectivity index (χ1n) is 16.1. The molecule has 2 amide bonds. The van der Waals surface area contributed by atoms with E-state index in [0.29, 0.717) is 37.3 Å². The van der Waals surface area contributed by atoms with Crippen LogP contribution in [0.2, 0.25) is 0 Å². The van der Waals surface area contributed by atoms with Crippen molar-refractivity contribution < 1.29 is 28.6 Å². The Morgan fingerprint density at radius 3 is 1.83 bits per heavy atom. The number of nitrogens with zero attached hydrogens (tertiary/aromatic N) is 4. The molecule has 1 aliphatic rings. The Bertz CT molecular complexity index is 1520. The van der Waals surface area contributed by atoms with E-state index in [2.05, 4.69) is 4.98 Å².